The molecule has 2 aliphatic heterocycles. The van der Waals surface area contributed by atoms with Crippen LogP contribution in [-0.4, -0.2) is 57.1 Å². The molecular formula is C22H26N2O3S. The lowest BCUT2D eigenvalue weighted by Gasteiger charge is -2.27. The van der Waals surface area contributed by atoms with Crippen molar-refractivity contribution in [1.82, 2.24) is 9.80 Å². The number of hydrogen-bond acceptors (Lipinski definition) is 4. The summed E-state index contributed by atoms with van der Waals surface area (Å²) in [5.41, 5.74) is 2.18. The highest BCUT2D eigenvalue weighted by molar-refractivity contribution is 7.90. The van der Waals surface area contributed by atoms with Gasteiger partial charge in [0.05, 0.1) is 11.3 Å². The lowest BCUT2D eigenvalue weighted by molar-refractivity contribution is -0.129. The van der Waals surface area contributed by atoms with Crippen LogP contribution in [0.3, 0.4) is 0 Å². The Kier molecular flexibility index (Phi) is 5.02. The average molecular weight is 399 g/mol. The standard InChI is InChI=1S/C22H26N2O3S/c1-23-13-18-14-24(15-20(18)22(23)17-6-4-3-5-7-17)21(25)12-16-8-10-19(11-9-16)28(2,26)27/h3-11,18,20,22H,12-15H2,1-2H3/t18-,20+,22-/m0/s1. The van der Waals surface area contributed by atoms with Crippen molar-refractivity contribution in [3.63, 3.8) is 0 Å². The Morgan fingerprint density at radius 1 is 1.00 bits per heavy atom. The smallest absolute Gasteiger partial charge is 0.227 e. The minimum absolute atomic E-state index is 0.121. The van der Waals surface area contributed by atoms with Crippen molar-refractivity contribution in [3.8, 4) is 0 Å². The number of carbonyl (C=O) groups excluding carboxylic acids is 1. The number of amides is 1. The summed E-state index contributed by atoms with van der Waals surface area (Å²) in [7, 11) is -1.04. The van der Waals surface area contributed by atoms with Gasteiger partial charge in [-0.25, -0.2) is 8.42 Å². The molecule has 6 heteroatoms. The Balaban J connectivity index is 1.43. The van der Waals surface area contributed by atoms with Crippen LogP contribution in [0.4, 0.5) is 0 Å². The van der Waals surface area contributed by atoms with E-state index in [-0.39, 0.29) is 10.8 Å². The fourth-order valence-electron chi connectivity index (χ4n) is 4.75. The molecule has 2 aromatic rings. The summed E-state index contributed by atoms with van der Waals surface area (Å²) in [5.74, 6) is 1.09. The van der Waals surface area contributed by atoms with Crippen LogP contribution in [0.25, 0.3) is 0 Å². The minimum Gasteiger partial charge on any atom is -0.342 e. The topological polar surface area (TPSA) is 57.7 Å². The number of sulfone groups is 1. The first-order valence-corrected chi connectivity index (χ1v) is 11.5. The van der Waals surface area contributed by atoms with E-state index in [2.05, 4.69) is 36.2 Å². The average Bonchev–Trinajstić information content (AvgIpc) is 3.18. The summed E-state index contributed by atoms with van der Waals surface area (Å²) in [6, 6.07) is 17.6. The second-order valence-electron chi connectivity index (χ2n) is 8.11. The molecule has 0 spiro atoms. The van der Waals surface area contributed by atoms with Gasteiger partial charge in [0.15, 0.2) is 9.84 Å². The molecule has 4 rings (SSSR count). The zero-order valence-corrected chi connectivity index (χ0v) is 17.1. The predicted octanol–water partition coefficient (Wildman–Crippen LogP) is 2.39. The first kappa shape index (κ1) is 19.2. The fourth-order valence-corrected chi connectivity index (χ4v) is 5.38. The maximum absolute atomic E-state index is 12.8. The molecule has 2 fully saturated rings. The Labute approximate surface area is 166 Å². The Hall–Kier alpha value is -2.18. The zero-order chi connectivity index (χ0) is 19.9. The van der Waals surface area contributed by atoms with Crippen molar-refractivity contribution >= 4 is 15.7 Å². The number of rotatable bonds is 4. The second-order valence-corrected chi connectivity index (χ2v) is 10.1. The molecule has 0 radical (unpaired) electrons. The number of carbonyl (C=O) groups is 1. The molecule has 3 atom stereocenters. The fraction of sp³-hybridized carbons (Fsp3) is 0.409. The van der Waals surface area contributed by atoms with Crippen LogP contribution >= 0.6 is 0 Å². The molecule has 0 aromatic heterocycles. The van der Waals surface area contributed by atoms with Crippen LogP contribution in [-0.2, 0) is 21.1 Å². The van der Waals surface area contributed by atoms with Crippen molar-refractivity contribution in [2.45, 2.75) is 17.4 Å². The molecule has 5 nitrogen and oxygen atoms in total. The third kappa shape index (κ3) is 3.71. The molecule has 0 bridgehead atoms. The maximum Gasteiger partial charge on any atom is 0.227 e. The van der Waals surface area contributed by atoms with E-state index in [1.807, 2.05) is 11.0 Å². The second kappa shape index (κ2) is 7.33. The Morgan fingerprint density at radius 3 is 2.32 bits per heavy atom. The van der Waals surface area contributed by atoms with Crippen molar-refractivity contribution in [3.05, 3.63) is 65.7 Å². The van der Waals surface area contributed by atoms with Gasteiger partial charge in [0, 0.05) is 37.8 Å². The summed E-state index contributed by atoms with van der Waals surface area (Å²) in [6.45, 7) is 2.60. The largest absolute Gasteiger partial charge is 0.342 e. The lowest BCUT2D eigenvalue weighted by Crippen LogP contribution is -2.34. The number of hydrogen-bond donors (Lipinski definition) is 0. The van der Waals surface area contributed by atoms with Crippen LogP contribution in [0, 0.1) is 11.8 Å². The van der Waals surface area contributed by atoms with E-state index < -0.39 is 9.84 Å². The third-order valence-electron chi connectivity index (χ3n) is 6.10. The third-order valence-corrected chi connectivity index (χ3v) is 7.22. The van der Waals surface area contributed by atoms with Gasteiger partial charge in [0.2, 0.25) is 5.91 Å². The van der Waals surface area contributed by atoms with Crippen LogP contribution in [0.5, 0.6) is 0 Å². The first-order chi connectivity index (χ1) is 13.3. The predicted molar refractivity (Wildman–Crippen MR) is 109 cm³/mol. The van der Waals surface area contributed by atoms with Gasteiger partial charge in [-0.05, 0) is 36.2 Å². The van der Waals surface area contributed by atoms with E-state index in [9.17, 15) is 13.2 Å². The van der Waals surface area contributed by atoms with E-state index in [1.165, 1.54) is 11.8 Å². The van der Waals surface area contributed by atoms with E-state index in [0.717, 1.165) is 25.2 Å². The van der Waals surface area contributed by atoms with E-state index >= 15 is 0 Å². The minimum atomic E-state index is -3.21. The molecule has 28 heavy (non-hydrogen) atoms. The quantitative estimate of drug-likeness (QED) is 0.794. The van der Waals surface area contributed by atoms with Gasteiger partial charge in [0.25, 0.3) is 0 Å². The maximum atomic E-state index is 12.8. The van der Waals surface area contributed by atoms with Crippen molar-refractivity contribution in [2.75, 3.05) is 32.9 Å². The summed E-state index contributed by atoms with van der Waals surface area (Å²) in [6.07, 6.45) is 1.51. The molecule has 0 N–H and O–H groups in total. The molecule has 2 saturated heterocycles. The van der Waals surface area contributed by atoms with E-state index in [0.29, 0.717) is 24.3 Å². The van der Waals surface area contributed by atoms with E-state index in [1.54, 1.807) is 24.3 Å². The summed E-state index contributed by atoms with van der Waals surface area (Å²) >= 11 is 0. The molecule has 1 amide bonds. The Morgan fingerprint density at radius 2 is 1.68 bits per heavy atom. The van der Waals surface area contributed by atoms with Crippen molar-refractivity contribution in [1.29, 1.82) is 0 Å². The summed E-state index contributed by atoms with van der Waals surface area (Å²) in [5, 5.41) is 0. The van der Waals surface area contributed by atoms with Gasteiger partial charge >= 0.3 is 0 Å². The highest BCUT2D eigenvalue weighted by atomic mass is 32.2. The SMILES string of the molecule is CN1C[C@H]2CN(C(=O)Cc3ccc(S(C)(=O)=O)cc3)C[C@H]2[C@@H]1c1ccccc1. The van der Waals surface area contributed by atoms with Gasteiger partial charge in [-0.15, -0.1) is 0 Å². The summed E-state index contributed by atoms with van der Waals surface area (Å²) in [4.78, 5) is 17.5. The van der Waals surface area contributed by atoms with Gasteiger partial charge < -0.3 is 4.90 Å². The molecule has 148 valence electrons. The van der Waals surface area contributed by atoms with Crippen LogP contribution in [0.2, 0.25) is 0 Å². The molecule has 0 aliphatic carbocycles. The highest BCUT2D eigenvalue weighted by Gasteiger charge is 2.47. The lowest BCUT2D eigenvalue weighted by atomic mass is 9.90. The van der Waals surface area contributed by atoms with E-state index in [4.69, 9.17) is 0 Å². The van der Waals surface area contributed by atoms with Gasteiger partial charge in [0.1, 0.15) is 0 Å². The zero-order valence-electron chi connectivity index (χ0n) is 16.3. The van der Waals surface area contributed by atoms with Gasteiger partial charge in [-0.1, -0.05) is 42.5 Å². The molecule has 0 unspecified atom stereocenters. The number of fused-ring (bicyclic) bond motifs is 1. The molecule has 2 heterocycles. The molecule has 0 saturated carbocycles. The van der Waals surface area contributed by atoms with Crippen molar-refractivity contribution < 1.29 is 13.2 Å². The molecule has 2 aliphatic rings. The molecule has 2 aromatic carbocycles. The Bertz CT molecular complexity index is 957. The number of nitrogens with zero attached hydrogens (tertiary/aromatic N) is 2. The normalized spacial score (nSPS) is 25.1. The van der Waals surface area contributed by atoms with Gasteiger partial charge in [-0.2, -0.15) is 0 Å². The highest BCUT2D eigenvalue weighted by Crippen LogP contribution is 2.44. The van der Waals surface area contributed by atoms with Gasteiger partial charge in [-0.3, -0.25) is 9.69 Å². The first-order valence-electron chi connectivity index (χ1n) is 9.65. The monoisotopic (exact) mass is 398 g/mol. The molecular weight excluding hydrogens is 372 g/mol. The number of likely N-dealkylation sites (tertiary alicyclic amines) is 2. The summed E-state index contributed by atoms with van der Waals surface area (Å²) < 4.78 is 23.2. The van der Waals surface area contributed by atoms with Crippen LogP contribution < -0.4 is 0 Å². The van der Waals surface area contributed by atoms with Crippen LogP contribution in [0.15, 0.2) is 59.5 Å². The van der Waals surface area contributed by atoms with Crippen molar-refractivity contribution in [2.24, 2.45) is 11.8 Å². The number of benzene rings is 2. The van der Waals surface area contributed by atoms with Crippen LogP contribution in [0.1, 0.15) is 17.2 Å².